The van der Waals surface area contributed by atoms with Crippen molar-refractivity contribution >= 4 is 10.9 Å². The first-order chi connectivity index (χ1) is 6.57. The molecule has 1 aromatic heterocycles. The van der Waals surface area contributed by atoms with Crippen LogP contribution in [0.4, 0.5) is 13.2 Å². The van der Waals surface area contributed by atoms with Crippen molar-refractivity contribution in [2.45, 2.75) is 6.18 Å². The van der Waals surface area contributed by atoms with Gasteiger partial charge in [-0.05, 0) is 18.2 Å². The molecule has 0 bridgehead atoms. The third-order valence-corrected chi connectivity index (χ3v) is 1.99. The van der Waals surface area contributed by atoms with E-state index < -0.39 is 11.7 Å². The molecule has 0 spiro atoms. The lowest BCUT2D eigenvalue weighted by molar-refractivity contribution is -0.344. The summed E-state index contributed by atoms with van der Waals surface area (Å²) in [5.41, 5.74) is 0.0742. The van der Waals surface area contributed by atoms with Crippen LogP contribution in [0.3, 0.4) is 0 Å². The Morgan fingerprint density at radius 1 is 1.07 bits per heavy atom. The molecule has 1 heterocycles. The number of hydrogen-bond acceptors (Lipinski definition) is 0. The summed E-state index contributed by atoms with van der Waals surface area (Å²) < 4.78 is 36.9. The molecule has 1 aromatic carbocycles. The Morgan fingerprint density at radius 2 is 1.86 bits per heavy atom. The summed E-state index contributed by atoms with van der Waals surface area (Å²) in [5.74, 6) is 0. The molecule has 0 aliphatic carbocycles. The van der Waals surface area contributed by atoms with Crippen LogP contribution >= 0.6 is 0 Å². The normalized spacial score (nSPS) is 11.9. The van der Waals surface area contributed by atoms with Crippen molar-refractivity contribution in [3.05, 3.63) is 42.1 Å². The highest BCUT2D eigenvalue weighted by atomic mass is 19.4. The molecule has 2 rings (SSSR count). The van der Waals surface area contributed by atoms with Crippen molar-refractivity contribution in [1.29, 1.82) is 0 Å². The van der Waals surface area contributed by atoms with Gasteiger partial charge in [-0.1, -0.05) is 0 Å². The molecule has 72 valence electrons. The fraction of sp³-hybridized carbons (Fsp3) is 0.100. The molecule has 4 heteroatoms. The van der Waals surface area contributed by atoms with E-state index in [0.717, 1.165) is 12.1 Å². The van der Waals surface area contributed by atoms with E-state index in [1.807, 2.05) is 0 Å². The van der Waals surface area contributed by atoms with Gasteiger partial charge in [-0.3, -0.25) is 0 Å². The van der Waals surface area contributed by atoms with Crippen molar-refractivity contribution < 1.29 is 18.2 Å². The second kappa shape index (κ2) is 2.97. The molecule has 1 N–H and O–H groups in total. The predicted molar refractivity (Wildman–Crippen MR) is 45.5 cm³/mol. The summed E-state index contributed by atoms with van der Waals surface area (Å²) in [7, 11) is 0. The van der Waals surface area contributed by atoms with Crippen molar-refractivity contribution in [1.82, 2.24) is 0 Å². The standard InChI is InChI=1S/C10H6F3N/c11-10(12,13)8-3-4-9-7(6-8)2-1-5-14-9/h1-6H/p+1. The molecule has 0 aliphatic rings. The number of alkyl halides is 3. The molecular weight excluding hydrogens is 191 g/mol. The van der Waals surface area contributed by atoms with Gasteiger partial charge in [-0.2, -0.15) is 13.2 Å². The largest absolute Gasteiger partial charge is 0.416 e. The average Bonchev–Trinajstić information content (AvgIpc) is 2.16. The van der Waals surface area contributed by atoms with Gasteiger partial charge in [0, 0.05) is 17.5 Å². The molecule has 0 unspecified atom stereocenters. The molecule has 1 nitrogen and oxygen atoms in total. The summed E-state index contributed by atoms with van der Waals surface area (Å²) in [6.07, 6.45) is -2.60. The Balaban J connectivity index is 2.63. The lowest BCUT2D eigenvalue weighted by Crippen LogP contribution is -2.06. The van der Waals surface area contributed by atoms with Gasteiger partial charge < -0.3 is 0 Å². The first-order valence-corrected chi connectivity index (χ1v) is 4.05. The lowest BCUT2D eigenvalue weighted by atomic mass is 10.1. The summed E-state index contributed by atoms with van der Waals surface area (Å²) in [6.45, 7) is 0. The third-order valence-electron chi connectivity index (χ3n) is 1.99. The number of nitrogens with one attached hydrogen (secondary N) is 1. The van der Waals surface area contributed by atoms with Crippen molar-refractivity contribution in [2.75, 3.05) is 0 Å². The number of hydrogen-bond donors (Lipinski definition) is 0. The highest BCUT2D eigenvalue weighted by Crippen LogP contribution is 2.30. The van der Waals surface area contributed by atoms with Crippen LogP contribution in [0, 0.1) is 0 Å². The minimum Gasteiger partial charge on any atom is -0.211 e. The maximum absolute atomic E-state index is 12.3. The maximum Gasteiger partial charge on any atom is 0.416 e. The van der Waals surface area contributed by atoms with E-state index in [0.29, 0.717) is 10.9 Å². The minimum absolute atomic E-state index is 0.558. The molecule has 2 aromatic rings. The SMILES string of the molecule is FC(F)(F)c1ccc2[nH+]cccc2c1. The zero-order valence-electron chi connectivity index (χ0n) is 7.10. The van der Waals surface area contributed by atoms with Gasteiger partial charge >= 0.3 is 6.18 Å². The van der Waals surface area contributed by atoms with Crippen LogP contribution in [-0.2, 0) is 6.18 Å². The van der Waals surface area contributed by atoms with E-state index in [4.69, 9.17) is 0 Å². The van der Waals surface area contributed by atoms with Crippen LogP contribution in [-0.4, -0.2) is 0 Å². The highest BCUT2D eigenvalue weighted by Gasteiger charge is 2.30. The van der Waals surface area contributed by atoms with Crippen LogP contribution < -0.4 is 4.98 Å². The van der Waals surface area contributed by atoms with Gasteiger partial charge in [0.15, 0.2) is 6.20 Å². The van der Waals surface area contributed by atoms with E-state index in [1.165, 1.54) is 6.07 Å². The number of pyridine rings is 1. The molecule has 0 radical (unpaired) electrons. The van der Waals surface area contributed by atoms with Gasteiger partial charge in [0.25, 0.3) is 0 Å². The predicted octanol–water partition coefficient (Wildman–Crippen LogP) is 2.67. The highest BCUT2D eigenvalue weighted by molar-refractivity contribution is 5.76. The summed E-state index contributed by atoms with van der Waals surface area (Å²) >= 11 is 0. The monoisotopic (exact) mass is 198 g/mol. The Kier molecular flexibility index (Phi) is 1.91. The van der Waals surface area contributed by atoms with Crippen LogP contribution in [0.25, 0.3) is 10.9 Å². The van der Waals surface area contributed by atoms with Crippen molar-refractivity contribution in [3.8, 4) is 0 Å². The Labute approximate surface area is 78.2 Å². The van der Waals surface area contributed by atoms with E-state index in [9.17, 15) is 13.2 Å². The topological polar surface area (TPSA) is 14.1 Å². The molecule has 0 saturated heterocycles. The molecule has 0 amide bonds. The fourth-order valence-electron chi connectivity index (χ4n) is 1.30. The lowest BCUT2D eigenvalue weighted by Gasteiger charge is -2.05. The van der Waals surface area contributed by atoms with Gasteiger partial charge in [-0.15, -0.1) is 0 Å². The smallest absolute Gasteiger partial charge is 0.211 e. The first-order valence-electron chi connectivity index (χ1n) is 4.05. The van der Waals surface area contributed by atoms with Gasteiger partial charge in [0.2, 0.25) is 5.52 Å². The maximum atomic E-state index is 12.3. The van der Waals surface area contributed by atoms with Crippen molar-refractivity contribution in [3.63, 3.8) is 0 Å². The number of aromatic nitrogens is 1. The fourth-order valence-corrected chi connectivity index (χ4v) is 1.30. The number of halogens is 3. The van der Waals surface area contributed by atoms with Crippen LogP contribution in [0.1, 0.15) is 5.56 Å². The number of benzene rings is 1. The van der Waals surface area contributed by atoms with Crippen molar-refractivity contribution in [2.24, 2.45) is 0 Å². The van der Waals surface area contributed by atoms with E-state index in [-0.39, 0.29) is 0 Å². The second-order valence-electron chi connectivity index (χ2n) is 2.97. The summed E-state index contributed by atoms with van der Waals surface area (Å²) in [4.78, 5) is 2.86. The Bertz CT molecular complexity index is 462. The second-order valence-corrected chi connectivity index (χ2v) is 2.97. The van der Waals surface area contributed by atoms with Gasteiger partial charge in [0.05, 0.1) is 5.56 Å². The van der Waals surface area contributed by atoms with E-state index in [2.05, 4.69) is 4.98 Å². The zero-order chi connectivity index (χ0) is 10.2. The molecule has 14 heavy (non-hydrogen) atoms. The Morgan fingerprint density at radius 3 is 2.57 bits per heavy atom. The number of H-pyrrole nitrogens is 1. The summed E-state index contributed by atoms with van der Waals surface area (Å²) in [6, 6.07) is 6.94. The summed E-state index contributed by atoms with van der Waals surface area (Å²) in [5, 5.41) is 0.558. The van der Waals surface area contributed by atoms with Gasteiger partial charge in [-0.25, -0.2) is 4.98 Å². The number of rotatable bonds is 0. The van der Waals surface area contributed by atoms with Gasteiger partial charge in [0.1, 0.15) is 0 Å². The zero-order valence-corrected chi connectivity index (χ0v) is 7.10. The average molecular weight is 198 g/mol. The first kappa shape index (κ1) is 8.99. The van der Waals surface area contributed by atoms with E-state index >= 15 is 0 Å². The van der Waals surface area contributed by atoms with Crippen LogP contribution in [0.5, 0.6) is 0 Å². The third kappa shape index (κ3) is 1.55. The van der Waals surface area contributed by atoms with E-state index in [1.54, 1.807) is 18.3 Å². The van der Waals surface area contributed by atoms with Crippen LogP contribution in [0.2, 0.25) is 0 Å². The molecule has 0 fully saturated rings. The molecule has 0 saturated carbocycles. The molecular formula is C10H7F3N+. The number of aromatic amines is 1. The Hall–Kier alpha value is -1.58. The number of fused-ring (bicyclic) bond motifs is 1. The molecule has 0 aliphatic heterocycles. The minimum atomic E-state index is -4.27. The quantitative estimate of drug-likeness (QED) is 0.618. The van der Waals surface area contributed by atoms with Crippen LogP contribution in [0.15, 0.2) is 36.5 Å². The molecule has 0 atom stereocenters.